The number of carbonyl (C=O) groups is 2. The smallest absolute Gasteiger partial charge is 0.253 e. The van der Waals surface area contributed by atoms with Gasteiger partial charge in [0, 0.05) is 36.9 Å². The van der Waals surface area contributed by atoms with E-state index in [0.717, 1.165) is 5.69 Å². The topological polar surface area (TPSA) is 86.8 Å². The fraction of sp³-hybridized carbons (Fsp3) is 0.333. The van der Waals surface area contributed by atoms with Gasteiger partial charge in [-0.1, -0.05) is 36.7 Å². The van der Waals surface area contributed by atoms with Crippen LogP contribution in [0.4, 0.5) is 5.69 Å². The molecule has 2 aromatic carbocycles. The quantitative estimate of drug-likeness (QED) is 0.730. The first-order valence-electron chi connectivity index (χ1n) is 9.70. The number of hydrogen-bond acceptors (Lipinski definition) is 5. The first-order valence-corrected chi connectivity index (χ1v) is 11.7. The number of rotatable bonds is 6. The third-order valence-corrected chi connectivity index (χ3v) is 7.07. The fourth-order valence-corrected chi connectivity index (χ4v) is 4.61. The highest BCUT2D eigenvalue weighted by Gasteiger charge is 2.24. The monoisotopic (exact) mass is 449 g/mol. The van der Waals surface area contributed by atoms with Crippen LogP contribution in [0.3, 0.4) is 0 Å². The van der Waals surface area contributed by atoms with E-state index < -0.39 is 15.7 Å². The van der Waals surface area contributed by atoms with Crippen molar-refractivity contribution >= 4 is 38.9 Å². The second kappa shape index (κ2) is 9.49. The zero-order valence-corrected chi connectivity index (χ0v) is 18.2. The lowest BCUT2D eigenvalue weighted by Crippen LogP contribution is -2.51. The minimum atomic E-state index is -3.54. The number of halogens is 1. The summed E-state index contributed by atoms with van der Waals surface area (Å²) in [5.41, 5.74) is 1.06. The zero-order chi connectivity index (χ0) is 21.7. The van der Waals surface area contributed by atoms with Gasteiger partial charge in [-0.3, -0.25) is 9.59 Å². The van der Waals surface area contributed by atoms with E-state index >= 15 is 0 Å². The normalized spacial score (nSPS) is 14.5. The maximum atomic E-state index is 12.5. The van der Waals surface area contributed by atoms with Gasteiger partial charge in [-0.2, -0.15) is 0 Å². The van der Waals surface area contributed by atoms with Gasteiger partial charge in [0.1, 0.15) is 0 Å². The molecule has 3 rings (SSSR count). The Balaban J connectivity index is 1.56. The summed E-state index contributed by atoms with van der Waals surface area (Å²) in [6, 6.07) is 13.6. The molecule has 0 aromatic heterocycles. The number of carbonyl (C=O) groups excluding carboxylic acids is 2. The van der Waals surface area contributed by atoms with Gasteiger partial charge in [0.15, 0.2) is 9.84 Å². The van der Waals surface area contributed by atoms with Crippen LogP contribution in [-0.4, -0.2) is 63.6 Å². The van der Waals surface area contributed by atoms with E-state index in [1.54, 1.807) is 17.0 Å². The van der Waals surface area contributed by atoms with Gasteiger partial charge in [-0.05, 0) is 30.3 Å². The number of nitrogens with one attached hydrogen (secondary N) is 1. The van der Waals surface area contributed by atoms with Gasteiger partial charge in [0.25, 0.3) is 5.91 Å². The molecule has 0 radical (unpaired) electrons. The van der Waals surface area contributed by atoms with Crippen molar-refractivity contribution in [3.63, 3.8) is 0 Å². The summed E-state index contributed by atoms with van der Waals surface area (Å²) in [5.74, 6) is -0.883. The Morgan fingerprint density at radius 2 is 1.73 bits per heavy atom. The standard InChI is InChI=1S/C21H24ClN3O4S/c1-2-30(28,29)19-9-4-3-8-18(19)21(27)23-15-20(26)25-12-10-24(11-13-25)17-7-5-6-16(22)14-17/h3-9,14H,2,10-13,15H2,1H3,(H,23,27). The van der Waals surface area contributed by atoms with Crippen molar-refractivity contribution in [3.8, 4) is 0 Å². The predicted octanol–water partition coefficient (Wildman–Crippen LogP) is 2.21. The second-order valence-corrected chi connectivity index (χ2v) is 9.61. The number of nitrogens with zero attached hydrogens (tertiary/aromatic N) is 2. The fourth-order valence-electron chi connectivity index (χ4n) is 3.33. The van der Waals surface area contributed by atoms with Crippen LogP contribution in [0.15, 0.2) is 53.4 Å². The van der Waals surface area contributed by atoms with Crippen molar-refractivity contribution in [3.05, 3.63) is 59.1 Å². The molecular weight excluding hydrogens is 426 g/mol. The molecule has 2 aromatic rings. The first kappa shape index (κ1) is 22.1. The van der Waals surface area contributed by atoms with Gasteiger partial charge in [0.2, 0.25) is 5.91 Å². The molecule has 0 bridgehead atoms. The molecule has 0 spiro atoms. The van der Waals surface area contributed by atoms with Crippen LogP contribution >= 0.6 is 11.6 Å². The SMILES string of the molecule is CCS(=O)(=O)c1ccccc1C(=O)NCC(=O)N1CCN(c2cccc(Cl)c2)CC1. The lowest BCUT2D eigenvalue weighted by atomic mass is 10.2. The van der Waals surface area contributed by atoms with Crippen molar-refractivity contribution in [2.45, 2.75) is 11.8 Å². The Morgan fingerprint density at radius 1 is 1.03 bits per heavy atom. The Bertz CT molecular complexity index is 1030. The maximum Gasteiger partial charge on any atom is 0.253 e. The van der Waals surface area contributed by atoms with Crippen LogP contribution in [0.1, 0.15) is 17.3 Å². The summed E-state index contributed by atoms with van der Waals surface area (Å²) < 4.78 is 24.4. The summed E-state index contributed by atoms with van der Waals surface area (Å²) in [6.07, 6.45) is 0. The Kier molecular flexibility index (Phi) is 6.99. The molecule has 0 saturated carbocycles. The number of sulfone groups is 1. The van der Waals surface area contributed by atoms with Gasteiger partial charge < -0.3 is 15.1 Å². The molecule has 1 aliphatic heterocycles. The van der Waals surface area contributed by atoms with Gasteiger partial charge in [0.05, 0.1) is 22.8 Å². The summed E-state index contributed by atoms with van der Waals surface area (Å²) >= 11 is 6.04. The van der Waals surface area contributed by atoms with Crippen LogP contribution in [-0.2, 0) is 14.6 Å². The third-order valence-electron chi connectivity index (χ3n) is 5.05. The Hall–Kier alpha value is -2.58. The van der Waals surface area contributed by atoms with E-state index in [1.807, 2.05) is 24.3 Å². The number of amides is 2. The third kappa shape index (κ3) is 5.12. The highest BCUT2D eigenvalue weighted by molar-refractivity contribution is 7.91. The second-order valence-electron chi connectivity index (χ2n) is 6.93. The highest BCUT2D eigenvalue weighted by atomic mass is 35.5. The Morgan fingerprint density at radius 3 is 2.40 bits per heavy atom. The van der Waals surface area contributed by atoms with Gasteiger partial charge >= 0.3 is 0 Å². The van der Waals surface area contributed by atoms with Crippen molar-refractivity contribution < 1.29 is 18.0 Å². The predicted molar refractivity (Wildman–Crippen MR) is 117 cm³/mol. The first-order chi connectivity index (χ1) is 14.3. The lowest BCUT2D eigenvalue weighted by molar-refractivity contribution is -0.130. The van der Waals surface area contributed by atoms with E-state index in [0.29, 0.717) is 31.2 Å². The molecule has 30 heavy (non-hydrogen) atoms. The summed E-state index contributed by atoms with van der Waals surface area (Å²) in [7, 11) is -3.54. The molecule has 9 heteroatoms. The molecule has 1 N–H and O–H groups in total. The lowest BCUT2D eigenvalue weighted by Gasteiger charge is -2.36. The molecule has 160 valence electrons. The van der Waals surface area contributed by atoms with E-state index in [9.17, 15) is 18.0 Å². The summed E-state index contributed by atoms with van der Waals surface area (Å²) in [4.78, 5) is 28.9. The van der Waals surface area contributed by atoms with Crippen LogP contribution in [0.5, 0.6) is 0 Å². The van der Waals surface area contributed by atoms with Crippen LogP contribution in [0.2, 0.25) is 5.02 Å². The zero-order valence-electron chi connectivity index (χ0n) is 16.7. The van der Waals surface area contributed by atoms with E-state index in [2.05, 4.69) is 10.2 Å². The van der Waals surface area contributed by atoms with Crippen molar-refractivity contribution in [2.75, 3.05) is 43.4 Å². The molecular formula is C21H24ClN3O4S. The minimum absolute atomic E-state index is 0.0208. The van der Waals surface area contributed by atoms with Crippen molar-refractivity contribution in [1.82, 2.24) is 10.2 Å². The van der Waals surface area contributed by atoms with Crippen LogP contribution in [0, 0.1) is 0 Å². The maximum absolute atomic E-state index is 12.5. The molecule has 0 atom stereocenters. The summed E-state index contributed by atoms with van der Waals surface area (Å²) in [5, 5.41) is 3.22. The largest absolute Gasteiger partial charge is 0.368 e. The van der Waals surface area contributed by atoms with E-state index in [-0.39, 0.29) is 28.7 Å². The van der Waals surface area contributed by atoms with E-state index in [4.69, 9.17) is 11.6 Å². The number of anilines is 1. The Labute approximate surface area is 181 Å². The van der Waals surface area contributed by atoms with Gasteiger partial charge in [-0.15, -0.1) is 0 Å². The highest BCUT2D eigenvalue weighted by Crippen LogP contribution is 2.21. The number of benzene rings is 2. The van der Waals surface area contributed by atoms with Crippen molar-refractivity contribution in [2.24, 2.45) is 0 Å². The van der Waals surface area contributed by atoms with Gasteiger partial charge in [-0.25, -0.2) is 8.42 Å². The molecule has 1 fully saturated rings. The molecule has 0 aliphatic carbocycles. The number of hydrogen-bond donors (Lipinski definition) is 1. The average molecular weight is 450 g/mol. The minimum Gasteiger partial charge on any atom is -0.368 e. The van der Waals surface area contributed by atoms with Crippen LogP contribution < -0.4 is 10.2 Å². The number of piperazine rings is 1. The van der Waals surface area contributed by atoms with Crippen molar-refractivity contribution in [1.29, 1.82) is 0 Å². The molecule has 1 heterocycles. The molecule has 2 amide bonds. The summed E-state index contributed by atoms with van der Waals surface area (Å²) in [6.45, 7) is 3.73. The van der Waals surface area contributed by atoms with Crippen LogP contribution in [0.25, 0.3) is 0 Å². The molecule has 0 unspecified atom stereocenters. The average Bonchev–Trinajstić information content (AvgIpc) is 2.77. The van der Waals surface area contributed by atoms with E-state index in [1.165, 1.54) is 19.1 Å². The molecule has 7 nitrogen and oxygen atoms in total. The molecule has 1 saturated heterocycles. The molecule has 1 aliphatic rings.